The molecular formula is C17H18N2O4. The highest BCUT2D eigenvalue weighted by atomic mass is 16.5. The quantitative estimate of drug-likeness (QED) is 0.808. The van der Waals surface area contributed by atoms with Crippen molar-refractivity contribution in [3.63, 3.8) is 0 Å². The molecule has 0 bridgehead atoms. The average Bonchev–Trinajstić information content (AvgIpc) is 3.24. The van der Waals surface area contributed by atoms with Gasteiger partial charge in [0.2, 0.25) is 5.76 Å². The molecular weight excluding hydrogens is 296 g/mol. The van der Waals surface area contributed by atoms with E-state index in [1.165, 1.54) is 12.0 Å². The molecule has 0 aliphatic carbocycles. The highest BCUT2D eigenvalue weighted by Crippen LogP contribution is 2.22. The highest BCUT2D eigenvalue weighted by molar-refractivity contribution is 5.95. The number of aromatic nitrogens is 1. The zero-order chi connectivity index (χ0) is 16.2. The zero-order valence-electron chi connectivity index (χ0n) is 12.9. The number of carbonyl (C=O) groups is 2. The van der Waals surface area contributed by atoms with Crippen molar-refractivity contribution in [3.8, 4) is 0 Å². The molecule has 1 fully saturated rings. The fraction of sp³-hybridized carbons (Fsp3) is 0.353. The topological polar surface area (TPSA) is 72.6 Å². The Bertz CT molecular complexity index is 696. The number of methoxy groups -OCH3 is 1. The molecule has 6 heteroatoms. The van der Waals surface area contributed by atoms with E-state index >= 15 is 0 Å². The molecule has 2 heterocycles. The predicted molar refractivity (Wildman–Crippen MR) is 81.8 cm³/mol. The summed E-state index contributed by atoms with van der Waals surface area (Å²) in [5.74, 6) is -0.545. The third-order valence-electron chi connectivity index (χ3n) is 3.98. The first-order valence-corrected chi connectivity index (χ1v) is 7.57. The molecule has 0 saturated carbocycles. The van der Waals surface area contributed by atoms with Gasteiger partial charge in [-0.25, -0.2) is 4.79 Å². The van der Waals surface area contributed by atoms with Gasteiger partial charge in [-0.2, -0.15) is 0 Å². The van der Waals surface area contributed by atoms with Gasteiger partial charge in [-0.1, -0.05) is 35.5 Å². The SMILES string of the molecule is COC(=O)[C@@H]1CCCN1C(=O)c1cc(Cc2ccccc2)no1. The van der Waals surface area contributed by atoms with Crippen LogP contribution in [0.1, 0.15) is 34.7 Å². The summed E-state index contributed by atoms with van der Waals surface area (Å²) in [6.45, 7) is 0.521. The second-order valence-corrected chi connectivity index (χ2v) is 5.52. The molecule has 1 aromatic heterocycles. The van der Waals surface area contributed by atoms with E-state index in [0.717, 1.165) is 12.0 Å². The molecule has 2 aromatic rings. The molecule has 0 radical (unpaired) electrons. The summed E-state index contributed by atoms with van der Waals surface area (Å²) >= 11 is 0. The largest absolute Gasteiger partial charge is 0.467 e. The van der Waals surface area contributed by atoms with Gasteiger partial charge in [-0.05, 0) is 18.4 Å². The molecule has 0 unspecified atom stereocenters. The maximum absolute atomic E-state index is 12.5. The molecule has 6 nitrogen and oxygen atoms in total. The Kier molecular flexibility index (Phi) is 4.41. The predicted octanol–water partition coefficient (Wildman–Crippen LogP) is 2.04. The molecule has 1 saturated heterocycles. The Balaban J connectivity index is 1.72. The van der Waals surface area contributed by atoms with Gasteiger partial charge >= 0.3 is 5.97 Å². The van der Waals surface area contributed by atoms with Crippen LogP contribution in [-0.4, -0.2) is 41.6 Å². The monoisotopic (exact) mass is 314 g/mol. The van der Waals surface area contributed by atoms with Crippen LogP contribution in [0.2, 0.25) is 0 Å². The second kappa shape index (κ2) is 6.64. The van der Waals surface area contributed by atoms with Gasteiger partial charge in [0, 0.05) is 19.0 Å². The lowest BCUT2D eigenvalue weighted by atomic mass is 10.1. The van der Waals surface area contributed by atoms with Gasteiger partial charge < -0.3 is 14.2 Å². The number of hydrogen-bond acceptors (Lipinski definition) is 5. The number of rotatable bonds is 4. The van der Waals surface area contributed by atoms with Crippen molar-refractivity contribution < 1.29 is 18.8 Å². The Morgan fingerprint density at radius 1 is 1.35 bits per heavy atom. The number of esters is 1. The molecule has 0 N–H and O–H groups in total. The van der Waals surface area contributed by atoms with E-state index in [0.29, 0.717) is 25.1 Å². The normalized spacial score (nSPS) is 17.3. The molecule has 1 aliphatic heterocycles. The van der Waals surface area contributed by atoms with Crippen molar-refractivity contribution in [1.29, 1.82) is 0 Å². The maximum atomic E-state index is 12.5. The maximum Gasteiger partial charge on any atom is 0.328 e. The van der Waals surface area contributed by atoms with Crippen molar-refractivity contribution >= 4 is 11.9 Å². The standard InChI is InChI=1S/C17H18N2O4/c1-22-17(21)14-8-5-9-19(14)16(20)15-11-13(18-23-15)10-12-6-3-2-4-7-12/h2-4,6-7,11,14H,5,8-10H2,1H3/t14-/m0/s1. The molecule has 1 aliphatic rings. The number of benzene rings is 1. The first-order valence-electron chi connectivity index (χ1n) is 7.57. The number of hydrogen-bond donors (Lipinski definition) is 0. The lowest BCUT2D eigenvalue weighted by Gasteiger charge is -2.20. The van der Waals surface area contributed by atoms with Crippen LogP contribution in [0.25, 0.3) is 0 Å². The third-order valence-corrected chi connectivity index (χ3v) is 3.98. The van der Waals surface area contributed by atoms with Crippen LogP contribution in [0.15, 0.2) is 40.9 Å². The molecule has 120 valence electrons. The van der Waals surface area contributed by atoms with Crippen LogP contribution < -0.4 is 0 Å². The first-order chi connectivity index (χ1) is 11.2. The van der Waals surface area contributed by atoms with Gasteiger partial charge in [0.15, 0.2) is 0 Å². The minimum atomic E-state index is -0.532. The fourth-order valence-electron chi connectivity index (χ4n) is 2.83. The Labute approximate surface area is 134 Å². The number of ether oxygens (including phenoxy) is 1. The summed E-state index contributed by atoms with van der Waals surface area (Å²) in [6.07, 6.45) is 1.98. The minimum absolute atomic E-state index is 0.159. The Hall–Kier alpha value is -2.63. The van der Waals surface area contributed by atoms with Crippen molar-refractivity contribution in [2.24, 2.45) is 0 Å². The van der Waals surface area contributed by atoms with Gasteiger partial charge in [0.05, 0.1) is 12.8 Å². The fourth-order valence-corrected chi connectivity index (χ4v) is 2.83. The molecule has 3 rings (SSSR count). The Morgan fingerprint density at radius 3 is 2.87 bits per heavy atom. The van der Waals surface area contributed by atoms with E-state index in [2.05, 4.69) is 5.16 Å². The molecule has 23 heavy (non-hydrogen) atoms. The van der Waals surface area contributed by atoms with E-state index < -0.39 is 6.04 Å². The average molecular weight is 314 g/mol. The molecule has 0 spiro atoms. The smallest absolute Gasteiger partial charge is 0.328 e. The highest BCUT2D eigenvalue weighted by Gasteiger charge is 2.36. The summed E-state index contributed by atoms with van der Waals surface area (Å²) < 4.78 is 9.94. The van der Waals surface area contributed by atoms with Crippen molar-refractivity contribution in [2.75, 3.05) is 13.7 Å². The molecule has 1 aromatic carbocycles. The van der Waals surface area contributed by atoms with E-state index in [1.54, 1.807) is 6.07 Å². The zero-order valence-corrected chi connectivity index (χ0v) is 12.9. The van der Waals surface area contributed by atoms with Crippen molar-refractivity contribution in [2.45, 2.75) is 25.3 Å². The summed E-state index contributed by atoms with van der Waals surface area (Å²) in [6, 6.07) is 10.9. The number of carbonyl (C=O) groups excluding carboxylic acids is 2. The van der Waals surface area contributed by atoms with Crippen molar-refractivity contribution in [1.82, 2.24) is 10.1 Å². The van der Waals surface area contributed by atoms with Gasteiger partial charge in [-0.15, -0.1) is 0 Å². The minimum Gasteiger partial charge on any atom is -0.467 e. The second-order valence-electron chi connectivity index (χ2n) is 5.52. The summed E-state index contributed by atoms with van der Waals surface area (Å²) in [4.78, 5) is 25.8. The summed E-state index contributed by atoms with van der Waals surface area (Å²) in [7, 11) is 1.33. The van der Waals surface area contributed by atoms with E-state index in [-0.39, 0.29) is 17.6 Å². The van der Waals surface area contributed by atoms with Crippen LogP contribution in [0, 0.1) is 0 Å². The van der Waals surface area contributed by atoms with Crippen LogP contribution >= 0.6 is 0 Å². The Morgan fingerprint density at radius 2 is 2.13 bits per heavy atom. The van der Waals surface area contributed by atoms with E-state index in [9.17, 15) is 9.59 Å². The van der Waals surface area contributed by atoms with Crippen LogP contribution in [0.4, 0.5) is 0 Å². The van der Waals surface area contributed by atoms with Crippen LogP contribution in [0.5, 0.6) is 0 Å². The number of amides is 1. The first kappa shape index (κ1) is 15.3. The lowest BCUT2D eigenvalue weighted by Crippen LogP contribution is -2.40. The third kappa shape index (κ3) is 3.26. The molecule has 1 amide bonds. The summed E-state index contributed by atoms with van der Waals surface area (Å²) in [5.41, 5.74) is 1.78. The van der Waals surface area contributed by atoms with E-state index in [1.807, 2.05) is 30.3 Å². The van der Waals surface area contributed by atoms with Gasteiger partial charge in [0.1, 0.15) is 6.04 Å². The van der Waals surface area contributed by atoms with Gasteiger partial charge in [-0.3, -0.25) is 4.79 Å². The number of nitrogens with zero attached hydrogens (tertiary/aromatic N) is 2. The van der Waals surface area contributed by atoms with Gasteiger partial charge in [0.25, 0.3) is 5.91 Å². The molecule has 1 atom stereocenters. The van der Waals surface area contributed by atoms with E-state index in [4.69, 9.17) is 9.26 Å². The van der Waals surface area contributed by atoms with Crippen molar-refractivity contribution in [3.05, 3.63) is 53.4 Å². The van der Waals surface area contributed by atoms with Crippen LogP contribution in [0.3, 0.4) is 0 Å². The summed E-state index contributed by atoms with van der Waals surface area (Å²) in [5, 5.41) is 3.96. The number of likely N-dealkylation sites (tertiary alicyclic amines) is 1. The van der Waals surface area contributed by atoms with Crippen LogP contribution in [-0.2, 0) is 16.0 Å². The lowest BCUT2D eigenvalue weighted by molar-refractivity contribution is -0.145.